The van der Waals surface area contributed by atoms with Crippen LogP contribution >= 0.6 is 0 Å². The van der Waals surface area contributed by atoms with E-state index >= 15 is 0 Å². The van der Waals surface area contributed by atoms with Gasteiger partial charge in [0.25, 0.3) is 5.92 Å². The molecule has 1 saturated carbocycles. The number of rotatable bonds is 0. The monoisotopic (exact) mass is 136 g/mol. The van der Waals surface area contributed by atoms with E-state index < -0.39 is 12.0 Å². The van der Waals surface area contributed by atoms with Gasteiger partial charge in [0.2, 0.25) is 0 Å². The Labute approximate surface area is 52.7 Å². The van der Waals surface area contributed by atoms with Crippen LogP contribution in [0.1, 0.15) is 19.8 Å². The van der Waals surface area contributed by atoms with Crippen molar-refractivity contribution in [2.45, 2.75) is 31.8 Å². The minimum atomic E-state index is -2.61. The third-order valence-corrected chi connectivity index (χ3v) is 1.79. The molecular formula is C6H10F2O. The van der Waals surface area contributed by atoms with Crippen LogP contribution in [-0.4, -0.2) is 17.1 Å². The molecule has 1 N–H and O–H groups in total. The molecule has 2 atom stereocenters. The maximum absolute atomic E-state index is 12.3. The molecule has 0 aromatic rings. The van der Waals surface area contributed by atoms with Crippen LogP contribution < -0.4 is 0 Å². The van der Waals surface area contributed by atoms with Crippen LogP contribution in [0.3, 0.4) is 0 Å². The topological polar surface area (TPSA) is 20.2 Å². The number of alkyl halides is 2. The molecule has 0 amide bonds. The first-order valence-corrected chi connectivity index (χ1v) is 3.07. The van der Waals surface area contributed by atoms with E-state index in [0.717, 1.165) is 0 Å². The number of hydrogen-bond donors (Lipinski definition) is 1. The van der Waals surface area contributed by atoms with Crippen molar-refractivity contribution in [3.05, 3.63) is 0 Å². The summed E-state index contributed by atoms with van der Waals surface area (Å²) in [6, 6.07) is 0. The first-order valence-electron chi connectivity index (χ1n) is 3.07. The van der Waals surface area contributed by atoms with Crippen molar-refractivity contribution in [3.63, 3.8) is 0 Å². The lowest BCUT2D eigenvalue weighted by molar-refractivity contribution is -0.00377. The molecule has 0 aromatic heterocycles. The van der Waals surface area contributed by atoms with Gasteiger partial charge in [-0.25, -0.2) is 8.78 Å². The van der Waals surface area contributed by atoms with Crippen molar-refractivity contribution >= 4 is 0 Å². The maximum Gasteiger partial charge on any atom is 0.251 e. The van der Waals surface area contributed by atoms with Gasteiger partial charge >= 0.3 is 0 Å². The molecule has 1 nitrogen and oxygen atoms in total. The maximum atomic E-state index is 12.3. The van der Waals surface area contributed by atoms with Gasteiger partial charge in [0, 0.05) is 12.8 Å². The van der Waals surface area contributed by atoms with E-state index in [4.69, 9.17) is 5.11 Å². The summed E-state index contributed by atoms with van der Waals surface area (Å²) in [4.78, 5) is 0. The molecule has 1 rings (SSSR count). The average Bonchev–Trinajstić information content (AvgIpc) is 1.79. The number of halogens is 2. The number of aliphatic hydroxyl groups is 1. The van der Waals surface area contributed by atoms with Crippen molar-refractivity contribution in [2.24, 2.45) is 5.92 Å². The molecule has 0 heterocycles. The van der Waals surface area contributed by atoms with Crippen LogP contribution in [0.25, 0.3) is 0 Å². The molecule has 3 heteroatoms. The Morgan fingerprint density at radius 3 is 2.11 bits per heavy atom. The Hall–Kier alpha value is -0.180. The lowest BCUT2D eigenvalue weighted by Crippen LogP contribution is -2.11. The largest absolute Gasteiger partial charge is 0.393 e. The van der Waals surface area contributed by atoms with Gasteiger partial charge in [-0.1, -0.05) is 6.92 Å². The van der Waals surface area contributed by atoms with Crippen molar-refractivity contribution in [3.8, 4) is 0 Å². The molecule has 1 aliphatic rings. The lowest BCUT2D eigenvalue weighted by Gasteiger charge is -2.04. The van der Waals surface area contributed by atoms with Crippen molar-refractivity contribution in [1.82, 2.24) is 0 Å². The summed E-state index contributed by atoms with van der Waals surface area (Å²) in [5, 5.41) is 8.85. The smallest absolute Gasteiger partial charge is 0.251 e. The highest BCUT2D eigenvalue weighted by Gasteiger charge is 2.43. The predicted molar refractivity (Wildman–Crippen MR) is 29.4 cm³/mol. The molecule has 0 radical (unpaired) electrons. The molecule has 0 aliphatic heterocycles. The summed E-state index contributed by atoms with van der Waals surface area (Å²) in [6.45, 7) is 1.64. The highest BCUT2D eigenvalue weighted by Crippen LogP contribution is 2.38. The molecule has 1 fully saturated rings. The van der Waals surface area contributed by atoms with E-state index in [1.807, 2.05) is 0 Å². The molecule has 0 bridgehead atoms. The fraction of sp³-hybridized carbons (Fsp3) is 1.00. The van der Waals surface area contributed by atoms with E-state index in [9.17, 15) is 8.78 Å². The first kappa shape index (κ1) is 6.93. The Kier molecular flexibility index (Phi) is 1.47. The van der Waals surface area contributed by atoms with Gasteiger partial charge in [0.05, 0.1) is 6.10 Å². The van der Waals surface area contributed by atoms with Crippen LogP contribution in [0.15, 0.2) is 0 Å². The van der Waals surface area contributed by atoms with Crippen LogP contribution in [0.4, 0.5) is 8.78 Å². The fourth-order valence-corrected chi connectivity index (χ4v) is 1.20. The van der Waals surface area contributed by atoms with E-state index in [-0.39, 0.29) is 18.8 Å². The standard InChI is InChI=1S/C6H10F2O/c1-4-2-6(7,8)3-5(4)9/h4-5,9H,2-3H2,1H3/t4?,5-/m0/s1. The molecule has 54 valence electrons. The number of aliphatic hydroxyl groups excluding tert-OH is 1. The Balaban J connectivity index is 2.54. The molecule has 0 aromatic carbocycles. The summed E-state index contributed by atoms with van der Waals surface area (Å²) < 4.78 is 24.6. The molecule has 9 heavy (non-hydrogen) atoms. The molecule has 1 aliphatic carbocycles. The van der Waals surface area contributed by atoms with Gasteiger partial charge < -0.3 is 5.11 Å². The van der Waals surface area contributed by atoms with Gasteiger partial charge in [0.15, 0.2) is 0 Å². The van der Waals surface area contributed by atoms with E-state index in [1.165, 1.54) is 0 Å². The van der Waals surface area contributed by atoms with Crippen LogP contribution in [0.2, 0.25) is 0 Å². The highest BCUT2D eigenvalue weighted by atomic mass is 19.3. The molecule has 0 saturated heterocycles. The quantitative estimate of drug-likeness (QED) is 0.533. The third-order valence-electron chi connectivity index (χ3n) is 1.79. The minimum Gasteiger partial charge on any atom is -0.393 e. The van der Waals surface area contributed by atoms with Gasteiger partial charge in [0.1, 0.15) is 0 Å². The van der Waals surface area contributed by atoms with Gasteiger partial charge in [-0.05, 0) is 5.92 Å². The van der Waals surface area contributed by atoms with Gasteiger partial charge in [-0.2, -0.15) is 0 Å². The van der Waals surface area contributed by atoms with Crippen LogP contribution in [-0.2, 0) is 0 Å². The Morgan fingerprint density at radius 2 is 2.00 bits per heavy atom. The fourth-order valence-electron chi connectivity index (χ4n) is 1.20. The minimum absolute atomic E-state index is 0.159. The second kappa shape index (κ2) is 1.90. The first-order chi connectivity index (χ1) is 4.01. The summed E-state index contributed by atoms with van der Waals surface area (Å²) in [5.41, 5.74) is 0. The summed E-state index contributed by atoms with van der Waals surface area (Å²) >= 11 is 0. The second-order valence-corrected chi connectivity index (χ2v) is 2.81. The zero-order valence-electron chi connectivity index (χ0n) is 5.27. The second-order valence-electron chi connectivity index (χ2n) is 2.81. The van der Waals surface area contributed by atoms with Crippen LogP contribution in [0, 0.1) is 5.92 Å². The molecule has 1 unspecified atom stereocenters. The molecule has 0 spiro atoms. The van der Waals surface area contributed by atoms with Crippen LogP contribution in [0.5, 0.6) is 0 Å². The van der Waals surface area contributed by atoms with Crippen molar-refractivity contribution < 1.29 is 13.9 Å². The van der Waals surface area contributed by atoms with Gasteiger partial charge in [-0.15, -0.1) is 0 Å². The third kappa shape index (κ3) is 1.39. The molecular weight excluding hydrogens is 126 g/mol. The predicted octanol–water partition coefficient (Wildman–Crippen LogP) is 1.41. The summed E-state index contributed by atoms with van der Waals surface area (Å²) in [7, 11) is 0. The lowest BCUT2D eigenvalue weighted by atomic mass is 10.1. The Bertz CT molecular complexity index is 102. The SMILES string of the molecule is CC1CC(F)(F)C[C@@H]1O. The normalized spacial score (nSPS) is 41.3. The van der Waals surface area contributed by atoms with E-state index in [1.54, 1.807) is 6.92 Å². The van der Waals surface area contributed by atoms with Crippen molar-refractivity contribution in [2.75, 3.05) is 0 Å². The average molecular weight is 136 g/mol. The van der Waals surface area contributed by atoms with E-state index in [0.29, 0.717) is 0 Å². The zero-order valence-corrected chi connectivity index (χ0v) is 5.27. The summed E-state index contributed by atoms with van der Waals surface area (Å²) in [5.74, 6) is -2.85. The van der Waals surface area contributed by atoms with E-state index in [2.05, 4.69) is 0 Å². The number of hydrogen-bond acceptors (Lipinski definition) is 1. The highest BCUT2D eigenvalue weighted by molar-refractivity contribution is 4.85. The van der Waals surface area contributed by atoms with Crippen molar-refractivity contribution in [1.29, 1.82) is 0 Å². The Morgan fingerprint density at radius 1 is 1.44 bits per heavy atom. The van der Waals surface area contributed by atoms with Gasteiger partial charge in [-0.3, -0.25) is 0 Å². The summed E-state index contributed by atoms with van der Waals surface area (Å²) in [6.07, 6.45) is -1.30. The zero-order chi connectivity index (χ0) is 7.07.